The van der Waals surface area contributed by atoms with E-state index in [-0.39, 0.29) is 0 Å². The molecule has 2 N–H and O–H groups in total. The van der Waals surface area contributed by atoms with Crippen LogP contribution in [-0.4, -0.2) is 26.5 Å². The molecule has 0 aliphatic carbocycles. The van der Waals surface area contributed by atoms with Gasteiger partial charge in [0.2, 0.25) is 11.7 Å². The Labute approximate surface area is 93.4 Å². The first-order valence-electron chi connectivity index (χ1n) is 5.31. The van der Waals surface area contributed by atoms with Crippen molar-refractivity contribution in [3.63, 3.8) is 0 Å². The van der Waals surface area contributed by atoms with E-state index >= 15 is 0 Å². The molecule has 0 bridgehead atoms. The molecule has 0 atom stereocenters. The molecule has 0 saturated carbocycles. The van der Waals surface area contributed by atoms with Gasteiger partial charge in [0.15, 0.2) is 0 Å². The number of aryl methyl sites for hydroxylation is 2. The molecule has 2 aromatic heterocycles. The Morgan fingerprint density at radius 2 is 2.31 bits per heavy atom. The maximum Gasteiger partial charge on any atom is 0.226 e. The van der Waals surface area contributed by atoms with Gasteiger partial charge in [-0.05, 0) is 19.4 Å². The minimum atomic E-state index is 0.593. The highest BCUT2D eigenvalue weighted by Crippen LogP contribution is 2.14. The largest absolute Gasteiger partial charge is 0.339 e. The number of hydrogen-bond donors (Lipinski definition) is 1. The van der Waals surface area contributed by atoms with Crippen LogP contribution in [0.25, 0.3) is 11.4 Å². The zero-order valence-corrected chi connectivity index (χ0v) is 9.26. The molecule has 6 nitrogen and oxygen atoms in total. The molecule has 0 fully saturated rings. The highest BCUT2D eigenvalue weighted by Gasteiger charge is 2.09. The highest BCUT2D eigenvalue weighted by atomic mass is 16.5. The fourth-order valence-electron chi connectivity index (χ4n) is 1.43. The maximum absolute atomic E-state index is 5.41. The number of nitrogens with zero attached hydrogens (tertiary/aromatic N) is 4. The predicted octanol–water partition coefficient (Wildman–Crippen LogP) is 0.751. The lowest BCUT2D eigenvalue weighted by Crippen LogP contribution is -1.99. The van der Waals surface area contributed by atoms with E-state index in [0.29, 0.717) is 18.3 Å². The van der Waals surface area contributed by atoms with Crippen LogP contribution in [0.2, 0.25) is 0 Å². The van der Waals surface area contributed by atoms with E-state index in [1.54, 1.807) is 10.9 Å². The van der Waals surface area contributed by atoms with Crippen molar-refractivity contribution in [3.05, 3.63) is 18.3 Å². The number of aromatic nitrogens is 4. The summed E-state index contributed by atoms with van der Waals surface area (Å²) in [5.74, 6) is 1.25. The first kappa shape index (κ1) is 10.8. The summed E-state index contributed by atoms with van der Waals surface area (Å²) in [5, 5.41) is 7.96. The van der Waals surface area contributed by atoms with Crippen molar-refractivity contribution < 1.29 is 4.52 Å². The van der Waals surface area contributed by atoms with Gasteiger partial charge in [-0.2, -0.15) is 10.1 Å². The SMILES string of the molecule is Cn1cc(-c2noc(CCCCN)n2)cn1. The van der Waals surface area contributed by atoms with Crippen molar-refractivity contribution in [2.45, 2.75) is 19.3 Å². The van der Waals surface area contributed by atoms with E-state index in [4.69, 9.17) is 10.3 Å². The van der Waals surface area contributed by atoms with Crippen LogP contribution in [0.3, 0.4) is 0 Å². The van der Waals surface area contributed by atoms with E-state index in [9.17, 15) is 0 Å². The zero-order chi connectivity index (χ0) is 11.4. The van der Waals surface area contributed by atoms with E-state index in [1.165, 1.54) is 0 Å². The van der Waals surface area contributed by atoms with Crippen LogP contribution in [-0.2, 0) is 13.5 Å². The van der Waals surface area contributed by atoms with Gasteiger partial charge in [-0.25, -0.2) is 0 Å². The van der Waals surface area contributed by atoms with Gasteiger partial charge in [0, 0.05) is 19.7 Å². The van der Waals surface area contributed by atoms with Crippen LogP contribution in [0, 0.1) is 0 Å². The minimum Gasteiger partial charge on any atom is -0.339 e. The van der Waals surface area contributed by atoms with Crippen LogP contribution in [0.15, 0.2) is 16.9 Å². The van der Waals surface area contributed by atoms with E-state index in [0.717, 1.165) is 24.8 Å². The van der Waals surface area contributed by atoms with Gasteiger partial charge in [-0.1, -0.05) is 5.16 Å². The number of unbranched alkanes of at least 4 members (excludes halogenated alkanes) is 1. The fraction of sp³-hybridized carbons (Fsp3) is 0.500. The third-order valence-corrected chi connectivity index (χ3v) is 2.28. The molecule has 16 heavy (non-hydrogen) atoms. The van der Waals surface area contributed by atoms with Crippen molar-refractivity contribution in [2.75, 3.05) is 6.54 Å². The molecule has 2 aromatic rings. The number of rotatable bonds is 5. The smallest absolute Gasteiger partial charge is 0.226 e. The average molecular weight is 221 g/mol. The summed E-state index contributed by atoms with van der Waals surface area (Å²) in [5.41, 5.74) is 6.29. The Hall–Kier alpha value is -1.69. The summed E-state index contributed by atoms with van der Waals surface area (Å²) in [6, 6.07) is 0. The summed E-state index contributed by atoms with van der Waals surface area (Å²) in [6.45, 7) is 0.698. The van der Waals surface area contributed by atoms with Gasteiger partial charge >= 0.3 is 0 Å². The lowest BCUT2D eigenvalue weighted by Gasteiger charge is -1.91. The minimum absolute atomic E-state index is 0.593. The van der Waals surface area contributed by atoms with Crippen molar-refractivity contribution in [1.29, 1.82) is 0 Å². The number of hydrogen-bond acceptors (Lipinski definition) is 5. The molecule has 0 amide bonds. The number of nitrogens with two attached hydrogens (primary N) is 1. The first-order valence-corrected chi connectivity index (χ1v) is 5.31. The zero-order valence-electron chi connectivity index (χ0n) is 9.26. The molecule has 0 saturated heterocycles. The molecular formula is C10H15N5O. The first-order chi connectivity index (χ1) is 7.79. The van der Waals surface area contributed by atoms with Gasteiger partial charge in [-0.3, -0.25) is 4.68 Å². The second kappa shape index (κ2) is 4.89. The lowest BCUT2D eigenvalue weighted by molar-refractivity contribution is 0.375. The molecule has 0 aliphatic heterocycles. The molecule has 0 aliphatic rings. The van der Waals surface area contributed by atoms with Gasteiger partial charge in [0.05, 0.1) is 11.8 Å². The summed E-state index contributed by atoms with van der Waals surface area (Å²) >= 11 is 0. The van der Waals surface area contributed by atoms with Gasteiger partial charge in [0.25, 0.3) is 0 Å². The topological polar surface area (TPSA) is 82.8 Å². The standard InChI is InChI=1S/C10H15N5O/c1-15-7-8(6-12-15)10-13-9(16-14-10)4-2-3-5-11/h6-7H,2-5,11H2,1H3. The molecule has 6 heteroatoms. The molecule has 86 valence electrons. The summed E-state index contributed by atoms with van der Waals surface area (Å²) < 4.78 is 6.84. The third-order valence-electron chi connectivity index (χ3n) is 2.28. The quantitative estimate of drug-likeness (QED) is 0.753. The van der Waals surface area contributed by atoms with Crippen molar-refractivity contribution in [3.8, 4) is 11.4 Å². The van der Waals surface area contributed by atoms with Crippen LogP contribution in [0.4, 0.5) is 0 Å². The Balaban J connectivity index is 2.02. The predicted molar refractivity (Wildman–Crippen MR) is 58.5 cm³/mol. The Morgan fingerprint density at radius 3 is 3.00 bits per heavy atom. The molecule has 0 unspecified atom stereocenters. The second-order valence-electron chi connectivity index (χ2n) is 3.66. The van der Waals surface area contributed by atoms with E-state index < -0.39 is 0 Å². The summed E-state index contributed by atoms with van der Waals surface area (Å²) in [4.78, 5) is 4.29. The van der Waals surface area contributed by atoms with Gasteiger partial charge in [0.1, 0.15) is 0 Å². The van der Waals surface area contributed by atoms with E-state index in [2.05, 4.69) is 15.2 Å². The molecule has 0 radical (unpaired) electrons. The second-order valence-corrected chi connectivity index (χ2v) is 3.66. The van der Waals surface area contributed by atoms with E-state index in [1.807, 2.05) is 13.2 Å². The molecule has 0 spiro atoms. The summed E-state index contributed by atoms with van der Waals surface area (Å²) in [7, 11) is 1.85. The van der Waals surface area contributed by atoms with Crippen molar-refractivity contribution in [1.82, 2.24) is 19.9 Å². The Kier molecular flexibility index (Phi) is 3.31. The third kappa shape index (κ3) is 2.46. The average Bonchev–Trinajstić information content (AvgIpc) is 2.87. The van der Waals surface area contributed by atoms with Gasteiger partial charge < -0.3 is 10.3 Å². The van der Waals surface area contributed by atoms with Gasteiger partial charge in [-0.15, -0.1) is 0 Å². The van der Waals surface area contributed by atoms with Crippen LogP contribution in [0.1, 0.15) is 18.7 Å². The molecule has 0 aromatic carbocycles. The fourth-order valence-corrected chi connectivity index (χ4v) is 1.43. The molecule has 2 heterocycles. The van der Waals surface area contributed by atoms with Crippen molar-refractivity contribution >= 4 is 0 Å². The van der Waals surface area contributed by atoms with Crippen LogP contribution < -0.4 is 5.73 Å². The summed E-state index contributed by atoms with van der Waals surface area (Å²) in [6.07, 6.45) is 6.31. The van der Waals surface area contributed by atoms with Crippen molar-refractivity contribution in [2.24, 2.45) is 12.8 Å². The normalized spacial score (nSPS) is 10.9. The van der Waals surface area contributed by atoms with Crippen LogP contribution in [0.5, 0.6) is 0 Å². The molecule has 2 rings (SSSR count). The monoisotopic (exact) mass is 221 g/mol. The maximum atomic E-state index is 5.41. The molecular weight excluding hydrogens is 206 g/mol. The lowest BCUT2D eigenvalue weighted by atomic mass is 10.2. The highest BCUT2D eigenvalue weighted by molar-refractivity contribution is 5.50. The Bertz CT molecular complexity index is 448. The van der Waals surface area contributed by atoms with Crippen LogP contribution >= 0.6 is 0 Å². The Morgan fingerprint density at radius 1 is 1.44 bits per heavy atom.